The van der Waals surface area contributed by atoms with E-state index >= 15 is 0 Å². The minimum absolute atomic E-state index is 0.00168. The van der Waals surface area contributed by atoms with Crippen molar-refractivity contribution in [3.05, 3.63) is 83.2 Å². The molecule has 2 aromatic carbocycles. The fraction of sp³-hybridized carbons (Fsp3) is 0.292. The number of thioether (sulfide) groups is 1. The number of amides is 2. The Bertz CT molecular complexity index is 1050. The van der Waals surface area contributed by atoms with Gasteiger partial charge in [-0.15, -0.1) is 0 Å². The molecule has 2 aliphatic heterocycles. The van der Waals surface area contributed by atoms with Gasteiger partial charge in [-0.25, -0.2) is 4.39 Å². The molecule has 4 rings (SSSR count). The van der Waals surface area contributed by atoms with E-state index in [2.05, 4.69) is 10.3 Å². The highest BCUT2D eigenvalue weighted by Gasteiger charge is 2.45. The van der Waals surface area contributed by atoms with E-state index in [9.17, 15) is 14.0 Å². The van der Waals surface area contributed by atoms with Crippen LogP contribution in [0.2, 0.25) is 0 Å². The van der Waals surface area contributed by atoms with Crippen LogP contribution < -0.4 is 5.32 Å². The van der Waals surface area contributed by atoms with Crippen LogP contribution in [0.5, 0.6) is 0 Å². The van der Waals surface area contributed by atoms with Gasteiger partial charge in [-0.2, -0.15) is 4.99 Å². The lowest BCUT2D eigenvalue weighted by Gasteiger charge is -2.32. The lowest BCUT2D eigenvalue weighted by molar-refractivity contribution is -0.118. The van der Waals surface area contributed by atoms with E-state index in [1.165, 1.54) is 23.9 Å². The number of carbonyl (C=O) groups excluding carboxylic acids is 2. The van der Waals surface area contributed by atoms with E-state index < -0.39 is 4.75 Å². The lowest BCUT2D eigenvalue weighted by atomic mass is 9.93. The monoisotopic (exact) mass is 437 g/mol. The molecule has 5 nitrogen and oxygen atoms in total. The van der Waals surface area contributed by atoms with Crippen LogP contribution in [-0.4, -0.2) is 39.7 Å². The summed E-state index contributed by atoms with van der Waals surface area (Å²) in [5, 5.41) is 3.83. The Kier molecular flexibility index (Phi) is 5.96. The summed E-state index contributed by atoms with van der Waals surface area (Å²) in [6.45, 7) is 4.88. The topological polar surface area (TPSA) is 61.8 Å². The molecule has 31 heavy (non-hydrogen) atoms. The molecule has 1 unspecified atom stereocenters. The van der Waals surface area contributed by atoms with Crippen molar-refractivity contribution in [1.29, 1.82) is 0 Å². The minimum Gasteiger partial charge on any atom is -0.358 e. The van der Waals surface area contributed by atoms with Crippen molar-refractivity contribution >= 4 is 28.7 Å². The first kappa shape index (κ1) is 21.3. The van der Waals surface area contributed by atoms with Crippen molar-refractivity contribution in [2.24, 2.45) is 4.99 Å². The van der Waals surface area contributed by atoms with Gasteiger partial charge in [0, 0.05) is 18.7 Å². The number of nitrogens with one attached hydrogen (secondary N) is 1. The summed E-state index contributed by atoms with van der Waals surface area (Å²) in [6, 6.07) is 15.4. The molecule has 0 bridgehead atoms. The van der Waals surface area contributed by atoms with E-state index in [0.717, 1.165) is 11.1 Å². The van der Waals surface area contributed by atoms with Crippen molar-refractivity contribution in [3.63, 3.8) is 0 Å². The Hall–Kier alpha value is -2.93. The zero-order chi connectivity index (χ0) is 22.0. The average molecular weight is 438 g/mol. The van der Waals surface area contributed by atoms with Crippen LogP contribution in [-0.2, 0) is 4.79 Å². The van der Waals surface area contributed by atoms with Crippen molar-refractivity contribution < 1.29 is 14.0 Å². The Balaban J connectivity index is 1.41. The second-order valence-electron chi connectivity index (χ2n) is 7.87. The zero-order valence-corrected chi connectivity index (χ0v) is 18.3. The van der Waals surface area contributed by atoms with Gasteiger partial charge in [-0.1, -0.05) is 48.2 Å². The maximum Gasteiger partial charge on any atom is 0.268 e. The van der Waals surface area contributed by atoms with Gasteiger partial charge in [0.1, 0.15) is 10.6 Å². The maximum absolute atomic E-state index is 13.2. The molecule has 0 spiro atoms. The Labute approximate surface area is 185 Å². The highest BCUT2D eigenvalue weighted by atomic mass is 32.2. The van der Waals surface area contributed by atoms with Gasteiger partial charge in [-0.3, -0.25) is 9.59 Å². The summed E-state index contributed by atoms with van der Waals surface area (Å²) in [5.74, 6) is -0.478. The summed E-state index contributed by atoms with van der Waals surface area (Å²) >= 11 is 1.40. The number of rotatable bonds is 4. The first-order valence-electron chi connectivity index (χ1n) is 10.2. The first-order valence-corrected chi connectivity index (χ1v) is 11.1. The summed E-state index contributed by atoms with van der Waals surface area (Å²) in [7, 11) is 0. The van der Waals surface area contributed by atoms with E-state index in [-0.39, 0.29) is 23.7 Å². The predicted octanol–water partition coefficient (Wildman–Crippen LogP) is 4.34. The standard InChI is InChI=1S/C24H24FN3O2S/c1-16(17-8-10-20(25)11-9-17)26-23-27-22(30)24(2,31-23)19-12-14-28(15-13-19)21(29)18-6-4-3-5-7-18/h3-12,16H,13-15H2,1-2H3,(H,26,27,30)/t16-,24?/m0/s1. The van der Waals surface area contributed by atoms with Crippen molar-refractivity contribution in [1.82, 2.24) is 10.2 Å². The SMILES string of the molecule is C[C@H](NC1=NC(=O)C(C)(C2=CCN(C(=O)c3ccccc3)CC2)S1)c1ccc(F)cc1. The number of carbonyl (C=O) groups is 2. The van der Waals surface area contributed by atoms with E-state index in [4.69, 9.17) is 0 Å². The van der Waals surface area contributed by atoms with Gasteiger partial charge in [0.05, 0.1) is 6.04 Å². The molecule has 7 heteroatoms. The van der Waals surface area contributed by atoms with E-state index in [0.29, 0.717) is 30.2 Å². The summed E-state index contributed by atoms with van der Waals surface area (Å²) in [5.41, 5.74) is 2.58. The molecule has 1 N–H and O–H groups in total. The predicted molar refractivity (Wildman–Crippen MR) is 121 cm³/mol. The van der Waals surface area contributed by atoms with Crippen LogP contribution in [0.1, 0.15) is 42.2 Å². The molecule has 2 heterocycles. The fourth-order valence-electron chi connectivity index (χ4n) is 3.79. The fourth-order valence-corrected chi connectivity index (χ4v) is 4.99. The number of aliphatic imine (C=N–C) groups is 1. The zero-order valence-electron chi connectivity index (χ0n) is 17.5. The smallest absolute Gasteiger partial charge is 0.268 e. The Morgan fingerprint density at radius 1 is 1.19 bits per heavy atom. The molecule has 160 valence electrons. The summed E-state index contributed by atoms with van der Waals surface area (Å²) in [6.07, 6.45) is 2.61. The van der Waals surface area contributed by atoms with Gasteiger partial charge < -0.3 is 10.2 Å². The second kappa shape index (κ2) is 8.67. The molecular formula is C24H24FN3O2S. The third-order valence-corrected chi connectivity index (χ3v) is 7.00. The normalized spacial score (nSPS) is 22.0. The number of nitrogens with zero attached hydrogens (tertiary/aromatic N) is 2. The molecule has 0 aromatic heterocycles. The summed E-state index contributed by atoms with van der Waals surface area (Å²) < 4.78 is 12.4. The van der Waals surface area contributed by atoms with Gasteiger partial charge in [-0.05, 0) is 55.7 Å². The molecule has 2 aromatic rings. The van der Waals surface area contributed by atoms with E-state index in [1.54, 1.807) is 17.0 Å². The number of amidine groups is 1. The van der Waals surface area contributed by atoms with Crippen LogP contribution in [0.3, 0.4) is 0 Å². The third kappa shape index (κ3) is 4.42. The van der Waals surface area contributed by atoms with Crippen LogP contribution in [0.25, 0.3) is 0 Å². The van der Waals surface area contributed by atoms with Crippen molar-refractivity contribution in [2.45, 2.75) is 31.1 Å². The summed E-state index contributed by atoms with van der Waals surface area (Å²) in [4.78, 5) is 31.5. The van der Waals surface area contributed by atoms with Gasteiger partial charge in [0.25, 0.3) is 11.8 Å². The molecule has 0 fully saturated rings. The highest BCUT2D eigenvalue weighted by molar-refractivity contribution is 8.16. The molecule has 0 radical (unpaired) electrons. The Morgan fingerprint density at radius 3 is 2.55 bits per heavy atom. The number of benzene rings is 2. The van der Waals surface area contributed by atoms with Crippen LogP contribution >= 0.6 is 11.8 Å². The minimum atomic E-state index is -0.771. The number of hydrogen-bond acceptors (Lipinski definition) is 4. The van der Waals surface area contributed by atoms with Crippen LogP contribution in [0, 0.1) is 5.82 Å². The molecule has 2 atom stereocenters. The lowest BCUT2D eigenvalue weighted by Crippen LogP contribution is -2.40. The second-order valence-corrected chi connectivity index (χ2v) is 9.28. The largest absolute Gasteiger partial charge is 0.358 e. The molecule has 0 aliphatic carbocycles. The number of hydrogen-bond donors (Lipinski definition) is 1. The molecule has 0 saturated carbocycles. The average Bonchev–Trinajstić information content (AvgIpc) is 3.08. The maximum atomic E-state index is 13.2. The van der Waals surface area contributed by atoms with Crippen molar-refractivity contribution in [3.8, 4) is 0 Å². The third-order valence-electron chi connectivity index (χ3n) is 5.75. The number of halogens is 1. The van der Waals surface area contributed by atoms with Crippen LogP contribution in [0.15, 0.2) is 71.2 Å². The van der Waals surface area contributed by atoms with E-state index in [1.807, 2.05) is 50.3 Å². The first-order chi connectivity index (χ1) is 14.9. The van der Waals surface area contributed by atoms with Crippen LogP contribution in [0.4, 0.5) is 4.39 Å². The van der Waals surface area contributed by atoms with Crippen molar-refractivity contribution in [2.75, 3.05) is 13.1 Å². The molecule has 0 saturated heterocycles. The Morgan fingerprint density at radius 2 is 1.90 bits per heavy atom. The highest BCUT2D eigenvalue weighted by Crippen LogP contribution is 2.42. The van der Waals surface area contributed by atoms with Gasteiger partial charge >= 0.3 is 0 Å². The van der Waals surface area contributed by atoms with Gasteiger partial charge in [0.2, 0.25) is 0 Å². The molecular weight excluding hydrogens is 413 g/mol. The van der Waals surface area contributed by atoms with Gasteiger partial charge in [0.15, 0.2) is 5.17 Å². The molecule has 2 aliphatic rings. The quantitative estimate of drug-likeness (QED) is 0.723. The molecule has 2 amide bonds.